The number of hydrogen-bond donors (Lipinski definition) is 2. The van der Waals surface area contributed by atoms with Gasteiger partial charge in [-0.05, 0) is 48.0 Å². The Morgan fingerprint density at radius 1 is 1.14 bits per heavy atom. The molecule has 0 radical (unpaired) electrons. The molecule has 0 bridgehead atoms. The highest BCUT2D eigenvalue weighted by molar-refractivity contribution is 6.14. The number of nitrogens with zero attached hydrogens (tertiary/aromatic N) is 3. The van der Waals surface area contributed by atoms with Crippen molar-refractivity contribution in [2.75, 3.05) is 31.1 Å². The van der Waals surface area contributed by atoms with Crippen molar-refractivity contribution in [1.29, 1.82) is 0 Å². The van der Waals surface area contributed by atoms with E-state index in [-0.39, 0.29) is 6.42 Å². The van der Waals surface area contributed by atoms with Crippen LogP contribution in [0.4, 0.5) is 10.6 Å². The van der Waals surface area contributed by atoms with E-state index in [1.54, 1.807) is 35.4 Å². The number of carbonyl (C=O) groups is 2. The molecule has 1 aliphatic heterocycles. The van der Waals surface area contributed by atoms with Gasteiger partial charge < -0.3 is 19.6 Å². The molecule has 148 valence electrons. The molecule has 1 fully saturated rings. The Balaban J connectivity index is 1.50. The molecule has 28 heavy (non-hydrogen) atoms. The third-order valence-electron chi connectivity index (χ3n) is 4.51. The van der Waals surface area contributed by atoms with Crippen molar-refractivity contribution in [3.8, 4) is 5.75 Å². The van der Waals surface area contributed by atoms with Gasteiger partial charge in [0.15, 0.2) is 0 Å². The number of carboxylic acids is 1. The van der Waals surface area contributed by atoms with Crippen LogP contribution in [0.3, 0.4) is 0 Å². The van der Waals surface area contributed by atoms with E-state index in [1.165, 1.54) is 0 Å². The SMILES string of the molecule is O=C(O)[C@H](Cc1ccc(OC(=O)N2CCN(c3ccccn3)CC2)cc1)NCl. The first kappa shape index (κ1) is 19.9. The fraction of sp³-hybridized carbons (Fsp3) is 0.316. The van der Waals surface area contributed by atoms with Gasteiger partial charge in [0.05, 0.1) is 0 Å². The summed E-state index contributed by atoms with van der Waals surface area (Å²) in [6, 6.07) is 11.6. The second-order valence-corrected chi connectivity index (χ2v) is 6.60. The predicted octanol–water partition coefficient (Wildman–Crippen LogP) is 2.14. The standard InChI is InChI=1S/C19H21ClN4O4/c20-22-16(18(25)26)13-14-4-6-15(7-5-14)28-19(27)24-11-9-23(10-12-24)17-3-1-2-8-21-17/h1-8,16,22H,9-13H2,(H,25,26)/t16-/m0/s1. The van der Waals surface area contributed by atoms with Gasteiger partial charge in [-0.25, -0.2) is 14.6 Å². The number of carboxylic acid groups (broad SMARTS) is 1. The fourth-order valence-electron chi connectivity index (χ4n) is 2.93. The number of aliphatic carboxylic acids is 1. The molecule has 1 aliphatic rings. The number of nitrogens with one attached hydrogen (secondary N) is 1. The highest BCUT2D eigenvalue weighted by Crippen LogP contribution is 2.17. The number of halogens is 1. The Labute approximate surface area is 167 Å². The zero-order valence-electron chi connectivity index (χ0n) is 15.1. The molecule has 1 saturated heterocycles. The van der Waals surface area contributed by atoms with Gasteiger partial charge in [0.25, 0.3) is 0 Å². The molecule has 1 amide bonds. The monoisotopic (exact) mass is 404 g/mol. The van der Waals surface area contributed by atoms with E-state index in [0.717, 1.165) is 11.4 Å². The van der Waals surface area contributed by atoms with Gasteiger partial charge in [-0.1, -0.05) is 18.2 Å². The molecule has 2 N–H and O–H groups in total. The van der Waals surface area contributed by atoms with Gasteiger partial charge in [0.2, 0.25) is 0 Å². The topological polar surface area (TPSA) is 95.0 Å². The molecular formula is C19H21ClN4O4. The van der Waals surface area contributed by atoms with Crippen LogP contribution in [-0.4, -0.2) is 59.3 Å². The number of pyridine rings is 1. The lowest BCUT2D eigenvalue weighted by molar-refractivity contribution is -0.138. The number of rotatable bonds is 6. The number of aromatic nitrogens is 1. The van der Waals surface area contributed by atoms with Crippen molar-refractivity contribution >= 4 is 29.7 Å². The van der Waals surface area contributed by atoms with E-state index in [1.807, 2.05) is 18.2 Å². The highest BCUT2D eigenvalue weighted by atomic mass is 35.5. The van der Waals surface area contributed by atoms with Crippen molar-refractivity contribution < 1.29 is 19.4 Å². The van der Waals surface area contributed by atoms with Crippen molar-refractivity contribution in [1.82, 2.24) is 14.7 Å². The molecule has 9 heteroatoms. The number of ether oxygens (including phenoxy) is 1. The molecule has 3 rings (SSSR count). The summed E-state index contributed by atoms with van der Waals surface area (Å²) in [7, 11) is 0. The summed E-state index contributed by atoms with van der Waals surface area (Å²) in [6.45, 7) is 2.48. The summed E-state index contributed by atoms with van der Waals surface area (Å²) >= 11 is 5.43. The Bertz CT molecular complexity index is 795. The summed E-state index contributed by atoms with van der Waals surface area (Å²) in [5.41, 5.74) is 0.768. The van der Waals surface area contributed by atoms with E-state index in [9.17, 15) is 9.59 Å². The zero-order chi connectivity index (χ0) is 19.9. The van der Waals surface area contributed by atoms with Gasteiger partial charge in [0, 0.05) is 32.4 Å². The maximum absolute atomic E-state index is 12.4. The second-order valence-electron chi connectivity index (χ2n) is 6.38. The minimum absolute atomic E-state index is 0.225. The van der Waals surface area contributed by atoms with Crippen LogP contribution in [0.1, 0.15) is 5.56 Å². The summed E-state index contributed by atoms with van der Waals surface area (Å²) in [4.78, 5) is 33.7. The van der Waals surface area contributed by atoms with E-state index in [0.29, 0.717) is 31.9 Å². The van der Waals surface area contributed by atoms with Crippen LogP contribution in [0, 0.1) is 0 Å². The lowest BCUT2D eigenvalue weighted by atomic mass is 10.1. The minimum Gasteiger partial charge on any atom is -0.480 e. The van der Waals surface area contributed by atoms with E-state index >= 15 is 0 Å². The summed E-state index contributed by atoms with van der Waals surface area (Å²) in [6.07, 6.45) is 1.57. The van der Waals surface area contributed by atoms with Crippen LogP contribution in [0.5, 0.6) is 5.75 Å². The van der Waals surface area contributed by atoms with Gasteiger partial charge in [-0.2, -0.15) is 0 Å². The molecule has 8 nitrogen and oxygen atoms in total. The number of hydrogen-bond acceptors (Lipinski definition) is 6. The molecule has 0 spiro atoms. The Kier molecular flexibility index (Phi) is 6.67. The van der Waals surface area contributed by atoms with Crippen LogP contribution >= 0.6 is 11.8 Å². The molecule has 0 aliphatic carbocycles. The van der Waals surface area contributed by atoms with Crippen LogP contribution < -0.4 is 14.5 Å². The summed E-state index contributed by atoms with van der Waals surface area (Å²) in [5.74, 6) is 0.277. The average Bonchev–Trinajstić information content (AvgIpc) is 2.73. The van der Waals surface area contributed by atoms with Crippen LogP contribution in [0.25, 0.3) is 0 Å². The van der Waals surface area contributed by atoms with Crippen LogP contribution in [0.2, 0.25) is 0 Å². The molecule has 1 aromatic carbocycles. The summed E-state index contributed by atoms with van der Waals surface area (Å²) < 4.78 is 5.42. The smallest absolute Gasteiger partial charge is 0.415 e. The van der Waals surface area contributed by atoms with E-state index < -0.39 is 18.1 Å². The van der Waals surface area contributed by atoms with Gasteiger partial charge in [-0.15, -0.1) is 0 Å². The predicted molar refractivity (Wildman–Crippen MR) is 105 cm³/mol. The number of anilines is 1. The molecule has 1 atom stereocenters. The normalized spacial score (nSPS) is 15.2. The zero-order valence-corrected chi connectivity index (χ0v) is 15.9. The molecule has 0 saturated carbocycles. The molecule has 1 aromatic heterocycles. The molecule has 2 heterocycles. The van der Waals surface area contributed by atoms with Gasteiger partial charge >= 0.3 is 12.1 Å². The largest absolute Gasteiger partial charge is 0.480 e. The molecule has 0 unspecified atom stereocenters. The van der Waals surface area contributed by atoms with Crippen molar-refractivity contribution in [2.45, 2.75) is 12.5 Å². The number of carbonyl (C=O) groups excluding carboxylic acids is 1. The highest BCUT2D eigenvalue weighted by Gasteiger charge is 2.23. The third-order valence-corrected chi connectivity index (χ3v) is 4.77. The average molecular weight is 405 g/mol. The van der Waals surface area contributed by atoms with Crippen LogP contribution in [0.15, 0.2) is 48.7 Å². The first-order chi connectivity index (χ1) is 13.6. The van der Waals surface area contributed by atoms with Crippen molar-refractivity contribution in [3.05, 3.63) is 54.2 Å². The van der Waals surface area contributed by atoms with Gasteiger partial charge in [-0.3, -0.25) is 4.79 Å². The fourth-order valence-corrected chi connectivity index (χ4v) is 3.10. The maximum Gasteiger partial charge on any atom is 0.415 e. The van der Waals surface area contributed by atoms with Crippen molar-refractivity contribution in [2.24, 2.45) is 0 Å². The number of benzene rings is 1. The minimum atomic E-state index is -1.03. The quantitative estimate of drug-likeness (QED) is 0.712. The van der Waals surface area contributed by atoms with Crippen LogP contribution in [-0.2, 0) is 11.2 Å². The Morgan fingerprint density at radius 3 is 2.43 bits per heavy atom. The number of piperazine rings is 1. The molecule has 2 aromatic rings. The number of amides is 1. The lowest BCUT2D eigenvalue weighted by Crippen LogP contribution is -2.49. The van der Waals surface area contributed by atoms with Gasteiger partial charge in [0.1, 0.15) is 17.6 Å². The van der Waals surface area contributed by atoms with E-state index in [2.05, 4.69) is 14.7 Å². The first-order valence-electron chi connectivity index (χ1n) is 8.87. The Morgan fingerprint density at radius 2 is 1.86 bits per heavy atom. The molecular weight excluding hydrogens is 384 g/mol. The van der Waals surface area contributed by atoms with Crippen molar-refractivity contribution in [3.63, 3.8) is 0 Å². The first-order valence-corrected chi connectivity index (χ1v) is 9.25. The maximum atomic E-state index is 12.4. The second kappa shape index (κ2) is 9.38. The third kappa shape index (κ3) is 5.11. The Hall–Kier alpha value is -2.84. The summed E-state index contributed by atoms with van der Waals surface area (Å²) in [5, 5.41) is 9.01. The van der Waals surface area contributed by atoms with E-state index in [4.69, 9.17) is 21.6 Å². The lowest BCUT2D eigenvalue weighted by Gasteiger charge is -2.34.